The predicted octanol–water partition coefficient (Wildman–Crippen LogP) is 5.75. The number of hydrogen-bond acceptors (Lipinski definition) is 5. The van der Waals surface area contributed by atoms with Gasteiger partial charge in [0.05, 0.1) is 5.25 Å². The molecule has 2 aromatic carbocycles. The quantitative estimate of drug-likeness (QED) is 0.374. The Morgan fingerprint density at radius 2 is 1.61 bits per heavy atom. The summed E-state index contributed by atoms with van der Waals surface area (Å²) < 4.78 is 1.97. The van der Waals surface area contributed by atoms with E-state index >= 15 is 0 Å². The average Bonchev–Trinajstić information content (AvgIpc) is 3.23. The molecule has 0 aliphatic heterocycles. The number of aromatic nitrogens is 4. The second-order valence-electron chi connectivity index (χ2n) is 8.79. The van der Waals surface area contributed by atoms with Crippen molar-refractivity contribution < 1.29 is 4.79 Å². The third kappa shape index (κ3) is 5.31. The van der Waals surface area contributed by atoms with E-state index in [0.717, 1.165) is 16.9 Å². The number of para-hydroxylation sites is 1. The molecule has 2 aromatic heterocycles. The summed E-state index contributed by atoms with van der Waals surface area (Å²) in [6, 6.07) is 21.7. The summed E-state index contributed by atoms with van der Waals surface area (Å²) in [4.78, 5) is 17.0. The largest absolute Gasteiger partial charge is 0.325 e. The number of thioether (sulfide) groups is 1. The average molecular weight is 458 g/mol. The van der Waals surface area contributed by atoms with Crippen LogP contribution in [0, 0.1) is 0 Å². The Morgan fingerprint density at radius 3 is 2.24 bits per heavy atom. The zero-order chi connectivity index (χ0) is 23.4. The van der Waals surface area contributed by atoms with Crippen molar-refractivity contribution in [2.45, 2.75) is 43.5 Å². The number of nitrogens with one attached hydrogen (secondary N) is 1. The summed E-state index contributed by atoms with van der Waals surface area (Å²) in [6.07, 6.45) is 3.46. The van der Waals surface area contributed by atoms with Crippen LogP contribution in [-0.4, -0.2) is 30.9 Å². The summed E-state index contributed by atoms with van der Waals surface area (Å²) >= 11 is 1.38. The molecular formula is C26H27N5OS. The minimum Gasteiger partial charge on any atom is -0.325 e. The van der Waals surface area contributed by atoms with Crippen molar-refractivity contribution in [2.24, 2.45) is 0 Å². The Labute approximate surface area is 198 Å². The van der Waals surface area contributed by atoms with Gasteiger partial charge >= 0.3 is 0 Å². The van der Waals surface area contributed by atoms with E-state index in [1.54, 1.807) is 12.4 Å². The number of carbonyl (C=O) groups excluding carboxylic acids is 1. The number of benzene rings is 2. The van der Waals surface area contributed by atoms with Crippen molar-refractivity contribution in [3.8, 4) is 17.1 Å². The van der Waals surface area contributed by atoms with Gasteiger partial charge in [-0.2, -0.15) is 0 Å². The highest BCUT2D eigenvalue weighted by atomic mass is 32.2. The van der Waals surface area contributed by atoms with Gasteiger partial charge in [0.25, 0.3) is 0 Å². The van der Waals surface area contributed by atoms with Crippen LogP contribution in [-0.2, 0) is 10.2 Å². The van der Waals surface area contributed by atoms with Crippen molar-refractivity contribution in [3.63, 3.8) is 0 Å². The molecule has 1 amide bonds. The Morgan fingerprint density at radius 1 is 0.939 bits per heavy atom. The van der Waals surface area contributed by atoms with E-state index in [4.69, 9.17) is 0 Å². The summed E-state index contributed by atoms with van der Waals surface area (Å²) in [5.74, 6) is 0.619. The molecule has 4 aromatic rings. The monoisotopic (exact) mass is 457 g/mol. The fraction of sp³-hybridized carbons (Fsp3) is 0.231. The van der Waals surface area contributed by atoms with Crippen LogP contribution < -0.4 is 5.32 Å². The van der Waals surface area contributed by atoms with Crippen LogP contribution in [0.1, 0.15) is 33.3 Å². The Kier molecular flexibility index (Phi) is 6.60. The highest BCUT2D eigenvalue weighted by molar-refractivity contribution is 8.00. The lowest BCUT2D eigenvalue weighted by Crippen LogP contribution is -2.23. The van der Waals surface area contributed by atoms with Crippen molar-refractivity contribution in [1.29, 1.82) is 0 Å². The van der Waals surface area contributed by atoms with Crippen molar-refractivity contribution in [1.82, 2.24) is 19.7 Å². The molecule has 1 atom stereocenters. The standard InChI is InChI=1S/C26H27N5OS/c1-18(24(32)28-21-12-10-20(11-13-21)26(2,3)4)33-25-30-29-23(19-14-16-27-17-15-19)31(25)22-8-6-5-7-9-22/h5-18H,1-4H3,(H,28,32)/t18-/m1/s1. The summed E-state index contributed by atoms with van der Waals surface area (Å²) in [5.41, 5.74) is 3.91. The molecule has 1 N–H and O–H groups in total. The molecule has 33 heavy (non-hydrogen) atoms. The molecule has 0 spiro atoms. The van der Waals surface area contributed by atoms with E-state index in [-0.39, 0.29) is 16.6 Å². The van der Waals surface area contributed by atoms with Gasteiger partial charge in [0.15, 0.2) is 11.0 Å². The van der Waals surface area contributed by atoms with Crippen LogP contribution in [0.25, 0.3) is 17.1 Å². The minimum absolute atomic E-state index is 0.0692. The Balaban J connectivity index is 1.56. The van der Waals surface area contributed by atoms with Gasteiger partial charge < -0.3 is 5.32 Å². The highest BCUT2D eigenvalue weighted by Gasteiger charge is 2.22. The molecule has 2 heterocycles. The number of pyridine rings is 1. The van der Waals surface area contributed by atoms with Gasteiger partial charge in [-0.05, 0) is 54.3 Å². The molecule has 0 unspecified atom stereocenters. The third-order valence-electron chi connectivity index (χ3n) is 5.26. The number of amides is 1. The van der Waals surface area contributed by atoms with Gasteiger partial charge in [-0.25, -0.2) is 0 Å². The lowest BCUT2D eigenvalue weighted by molar-refractivity contribution is -0.115. The first kappa shape index (κ1) is 22.7. The zero-order valence-electron chi connectivity index (χ0n) is 19.2. The first-order valence-electron chi connectivity index (χ1n) is 10.8. The van der Waals surface area contributed by atoms with Crippen LogP contribution in [0.15, 0.2) is 84.3 Å². The van der Waals surface area contributed by atoms with Gasteiger partial charge in [0.2, 0.25) is 5.91 Å². The lowest BCUT2D eigenvalue weighted by Gasteiger charge is -2.19. The molecule has 0 aliphatic carbocycles. The Bertz CT molecular complexity index is 1220. The molecule has 168 valence electrons. The topological polar surface area (TPSA) is 72.7 Å². The Hall–Kier alpha value is -3.45. The molecule has 0 bridgehead atoms. The van der Waals surface area contributed by atoms with Crippen molar-refractivity contribution >= 4 is 23.4 Å². The second-order valence-corrected chi connectivity index (χ2v) is 10.1. The van der Waals surface area contributed by atoms with E-state index in [0.29, 0.717) is 11.0 Å². The molecule has 7 heteroatoms. The number of rotatable bonds is 6. The number of nitrogens with zero attached hydrogens (tertiary/aromatic N) is 4. The second kappa shape index (κ2) is 9.58. The molecule has 0 aliphatic rings. The van der Waals surface area contributed by atoms with Crippen LogP contribution in [0.4, 0.5) is 5.69 Å². The van der Waals surface area contributed by atoms with Gasteiger partial charge in [-0.3, -0.25) is 14.3 Å². The van der Waals surface area contributed by atoms with Gasteiger partial charge in [0.1, 0.15) is 0 Å². The van der Waals surface area contributed by atoms with Crippen LogP contribution in [0.2, 0.25) is 0 Å². The van der Waals surface area contributed by atoms with Crippen LogP contribution in [0.5, 0.6) is 0 Å². The fourth-order valence-electron chi connectivity index (χ4n) is 3.35. The zero-order valence-corrected chi connectivity index (χ0v) is 20.0. The molecule has 0 radical (unpaired) electrons. The van der Waals surface area contributed by atoms with E-state index in [1.165, 1.54) is 17.3 Å². The van der Waals surface area contributed by atoms with E-state index in [2.05, 4.69) is 53.4 Å². The molecule has 0 saturated heterocycles. The minimum atomic E-state index is -0.371. The highest BCUT2D eigenvalue weighted by Crippen LogP contribution is 2.30. The van der Waals surface area contributed by atoms with Crippen molar-refractivity contribution in [2.75, 3.05) is 5.32 Å². The SMILES string of the molecule is C[C@@H](Sc1nnc(-c2ccncc2)n1-c1ccccc1)C(=O)Nc1ccc(C(C)(C)C)cc1. The molecule has 0 saturated carbocycles. The lowest BCUT2D eigenvalue weighted by atomic mass is 9.87. The first-order chi connectivity index (χ1) is 15.8. The van der Waals surface area contributed by atoms with Gasteiger partial charge in [-0.15, -0.1) is 10.2 Å². The first-order valence-corrected chi connectivity index (χ1v) is 11.7. The number of anilines is 1. The smallest absolute Gasteiger partial charge is 0.237 e. The van der Waals surface area contributed by atoms with E-state index < -0.39 is 0 Å². The van der Waals surface area contributed by atoms with Gasteiger partial charge in [-0.1, -0.05) is 62.9 Å². The van der Waals surface area contributed by atoms with Crippen LogP contribution in [0.3, 0.4) is 0 Å². The molecular weight excluding hydrogens is 430 g/mol. The summed E-state index contributed by atoms with van der Waals surface area (Å²) in [7, 11) is 0. The summed E-state index contributed by atoms with van der Waals surface area (Å²) in [5, 5.41) is 12.1. The van der Waals surface area contributed by atoms with Gasteiger partial charge in [0, 0.05) is 29.3 Å². The maximum atomic E-state index is 12.9. The van der Waals surface area contributed by atoms with E-state index in [9.17, 15) is 4.79 Å². The molecule has 0 fully saturated rings. The summed E-state index contributed by atoms with van der Waals surface area (Å²) in [6.45, 7) is 8.38. The van der Waals surface area contributed by atoms with Crippen LogP contribution >= 0.6 is 11.8 Å². The fourth-order valence-corrected chi connectivity index (χ4v) is 4.22. The molecule has 6 nitrogen and oxygen atoms in total. The third-order valence-corrected chi connectivity index (χ3v) is 6.30. The number of carbonyl (C=O) groups is 1. The molecule has 4 rings (SSSR count). The number of hydrogen-bond donors (Lipinski definition) is 1. The van der Waals surface area contributed by atoms with E-state index in [1.807, 2.05) is 66.1 Å². The maximum absolute atomic E-state index is 12.9. The maximum Gasteiger partial charge on any atom is 0.237 e. The predicted molar refractivity (Wildman–Crippen MR) is 134 cm³/mol. The normalized spacial score (nSPS) is 12.4. The van der Waals surface area contributed by atoms with Crippen molar-refractivity contribution in [3.05, 3.63) is 84.7 Å².